The van der Waals surface area contributed by atoms with Gasteiger partial charge in [0, 0.05) is 6.54 Å². The van der Waals surface area contributed by atoms with E-state index in [-0.39, 0.29) is 13.2 Å². The van der Waals surface area contributed by atoms with E-state index in [1.807, 2.05) is 30.3 Å². The number of carbonyl (C=O) groups excluding carboxylic acids is 1. The monoisotopic (exact) mass is 294 g/mol. The number of hydrogen-bond acceptors (Lipinski definition) is 4. The molecule has 1 heterocycles. The molecule has 0 aliphatic carbocycles. The second kappa shape index (κ2) is 6.91. The molecule has 0 saturated carbocycles. The first-order valence-electron chi connectivity index (χ1n) is 7.72. The Labute approximate surface area is 127 Å². The highest BCUT2D eigenvalue weighted by Gasteiger charge is 2.34. The van der Waals surface area contributed by atoms with Crippen molar-refractivity contribution in [3.8, 4) is 0 Å². The molecule has 1 saturated heterocycles. The van der Waals surface area contributed by atoms with Gasteiger partial charge < -0.3 is 19.1 Å². The van der Waals surface area contributed by atoms with Crippen molar-refractivity contribution in [3.63, 3.8) is 0 Å². The molecule has 1 fully saturated rings. The number of hydrogen-bond donors (Lipinski definition) is 0. The molecule has 0 N–H and O–H groups in total. The number of carbonyl (C=O) groups is 1. The summed E-state index contributed by atoms with van der Waals surface area (Å²) in [5.41, 5.74) is 0.936. The first kappa shape index (κ1) is 14.4. The van der Waals surface area contributed by atoms with Crippen molar-refractivity contribution in [2.24, 2.45) is 0 Å². The van der Waals surface area contributed by atoms with Gasteiger partial charge in [0.25, 0.3) is 0 Å². The molecule has 116 valence electrons. The lowest BCUT2D eigenvalue weighted by molar-refractivity contribution is -0.140. The molecule has 0 radical (unpaired) electrons. The molecule has 0 unspecified atom stereocenters. The number of rotatable bonds is 5. The molecule has 2 rings (SSSR count). The Hall–Kier alpha value is -1.59. The van der Waals surface area contributed by atoms with Crippen molar-refractivity contribution in [2.75, 3.05) is 19.7 Å². The summed E-state index contributed by atoms with van der Waals surface area (Å²) >= 11 is 0. The van der Waals surface area contributed by atoms with Crippen molar-refractivity contribution in [1.29, 1.82) is 0 Å². The van der Waals surface area contributed by atoms with Crippen LogP contribution in [0.1, 0.15) is 27.7 Å². The van der Waals surface area contributed by atoms with Crippen LogP contribution >= 0.6 is 0 Å². The van der Waals surface area contributed by atoms with E-state index in [0.717, 1.165) is 5.56 Å². The minimum atomic E-state index is -0.888. The van der Waals surface area contributed by atoms with E-state index in [1.54, 1.807) is 20.8 Å². The number of amides is 1. The maximum absolute atomic E-state index is 12.2. The van der Waals surface area contributed by atoms with Gasteiger partial charge in [-0.25, -0.2) is 4.79 Å². The predicted octanol–water partition coefficient (Wildman–Crippen LogP) is 2.80. The average Bonchev–Trinajstić information content (AvgIpc) is 2.85. The molecule has 0 aromatic heterocycles. The van der Waals surface area contributed by atoms with Crippen LogP contribution in [0.2, 0.25) is 0 Å². The Morgan fingerprint density at radius 1 is 1.48 bits per heavy atom. The summed E-state index contributed by atoms with van der Waals surface area (Å²) in [7, 11) is 0. The Balaban J connectivity index is 2.11. The van der Waals surface area contributed by atoms with Gasteiger partial charge in [0.1, 0.15) is 6.10 Å². The van der Waals surface area contributed by atoms with Gasteiger partial charge in [-0.1, -0.05) is 30.3 Å². The van der Waals surface area contributed by atoms with E-state index in [0.29, 0.717) is 6.54 Å². The summed E-state index contributed by atoms with van der Waals surface area (Å²) < 4.78 is 24.7. The molecule has 0 spiro atoms. The van der Waals surface area contributed by atoms with Crippen LogP contribution in [0.4, 0.5) is 4.79 Å². The minimum Gasteiger partial charge on any atom is -0.450 e. The van der Waals surface area contributed by atoms with Crippen molar-refractivity contribution in [1.82, 2.24) is 4.90 Å². The lowest BCUT2D eigenvalue weighted by Crippen LogP contribution is -2.39. The molecule has 2 atom stereocenters. The number of benzene rings is 1. The standard InChI is InChI=1S/C16H23NO4/c1-4-19-15(18)17(10-13-8-6-5-7-9-13)11-14-12-20-16(2,3)21-14/h5-9,14H,4,10-12H2,1-3H3/t14-/m0/s1/i11D/t11-,14+/m1. The molecular weight excluding hydrogens is 270 g/mol. The largest absolute Gasteiger partial charge is 0.450 e. The fourth-order valence-corrected chi connectivity index (χ4v) is 2.15. The summed E-state index contributed by atoms with van der Waals surface area (Å²) in [5.74, 6) is -0.725. The molecule has 5 heteroatoms. The van der Waals surface area contributed by atoms with Crippen molar-refractivity contribution >= 4 is 6.09 Å². The van der Waals surface area contributed by atoms with Gasteiger partial charge in [-0.05, 0) is 26.3 Å². The van der Waals surface area contributed by atoms with Gasteiger partial charge >= 0.3 is 6.09 Å². The van der Waals surface area contributed by atoms with Crippen LogP contribution < -0.4 is 0 Å². The summed E-state index contributed by atoms with van der Waals surface area (Å²) in [6, 6.07) is 9.53. The number of nitrogens with zero attached hydrogens (tertiary/aromatic N) is 1. The summed E-state index contributed by atoms with van der Waals surface area (Å²) in [4.78, 5) is 13.6. The first-order valence-corrected chi connectivity index (χ1v) is 7.14. The lowest BCUT2D eigenvalue weighted by Gasteiger charge is -2.25. The average molecular weight is 294 g/mol. The van der Waals surface area contributed by atoms with Crippen LogP contribution in [0.3, 0.4) is 0 Å². The van der Waals surface area contributed by atoms with Crippen LogP contribution in [0.5, 0.6) is 0 Å². The highest BCUT2D eigenvalue weighted by Crippen LogP contribution is 2.23. The van der Waals surface area contributed by atoms with E-state index in [2.05, 4.69) is 0 Å². The van der Waals surface area contributed by atoms with Gasteiger partial charge in [0.2, 0.25) is 0 Å². The second-order valence-corrected chi connectivity index (χ2v) is 5.33. The zero-order valence-electron chi connectivity index (χ0n) is 13.7. The molecule has 1 aromatic carbocycles. The van der Waals surface area contributed by atoms with Crippen LogP contribution in [-0.2, 0) is 20.8 Å². The highest BCUT2D eigenvalue weighted by molar-refractivity contribution is 5.67. The minimum absolute atomic E-state index is 0.268. The molecule has 1 aliphatic rings. The zero-order valence-corrected chi connectivity index (χ0v) is 12.7. The van der Waals surface area contributed by atoms with Gasteiger partial charge in [-0.3, -0.25) is 0 Å². The quantitative estimate of drug-likeness (QED) is 0.838. The maximum atomic E-state index is 12.2. The molecular formula is C16H23NO4. The Morgan fingerprint density at radius 3 is 2.76 bits per heavy atom. The third-order valence-corrected chi connectivity index (χ3v) is 3.07. The van der Waals surface area contributed by atoms with Gasteiger partial charge in [-0.15, -0.1) is 0 Å². The van der Waals surface area contributed by atoms with Gasteiger partial charge in [0.05, 0.1) is 21.1 Å². The summed E-state index contributed by atoms with van der Waals surface area (Å²) in [6.45, 7) is 5.30. The van der Waals surface area contributed by atoms with Gasteiger partial charge in [-0.2, -0.15) is 0 Å². The van der Waals surface area contributed by atoms with Crippen LogP contribution in [0.15, 0.2) is 30.3 Å². The lowest BCUT2D eigenvalue weighted by atomic mass is 10.2. The second-order valence-electron chi connectivity index (χ2n) is 5.33. The predicted molar refractivity (Wildman–Crippen MR) is 78.8 cm³/mol. The molecule has 5 nitrogen and oxygen atoms in total. The zero-order chi connectivity index (χ0) is 16.2. The molecule has 1 aliphatic heterocycles. The fraction of sp³-hybridized carbons (Fsp3) is 0.562. The third-order valence-electron chi connectivity index (χ3n) is 3.07. The Kier molecular flexibility index (Phi) is 4.72. The van der Waals surface area contributed by atoms with Crippen molar-refractivity contribution < 1.29 is 20.4 Å². The Morgan fingerprint density at radius 2 is 2.19 bits per heavy atom. The number of ether oxygens (including phenoxy) is 3. The summed E-state index contributed by atoms with van der Waals surface area (Å²) in [6.07, 6.45) is -1.01. The van der Waals surface area contributed by atoms with Crippen LogP contribution in [0.25, 0.3) is 0 Å². The molecule has 1 aromatic rings. The maximum Gasteiger partial charge on any atom is 0.410 e. The van der Waals surface area contributed by atoms with Crippen molar-refractivity contribution in [2.45, 2.75) is 39.2 Å². The molecule has 21 heavy (non-hydrogen) atoms. The van der Waals surface area contributed by atoms with E-state index in [4.69, 9.17) is 15.6 Å². The third kappa shape index (κ3) is 4.72. The van der Waals surface area contributed by atoms with E-state index in [9.17, 15) is 4.79 Å². The first-order chi connectivity index (χ1) is 10.4. The van der Waals surface area contributed by atoms with E-state index < -0.39 is 24.5 Å². The van der Waals surface area contributed by atoms with Crippen molar-refractivity contribution in [3.05, 3.63) is 35.9 Å². The van der Waals surface area contributed by atoms with Crippen LogP contribution in [-0.4, -0.2) is 42.6 Å². The SMILES string of the molecule is [2H][C@H]([C@H]1COC(C)(C)O1)N(Cc1ccccc1)C(=O)OCC. The smallest absolute Gasteiger partial charge is 0.410 e. The fourth-order valence-electron chi connectivity index (χ4n) is 2.15. The Bertz CT molecular complexity index is 494. The summed E-state index contributed by atoms with van der Waals surface area (Å²) in [5, 5.41) is 0. The van der Waals surface area contributed by atoms with E-state index in [1.165, 1.54) is 4.90 Å². The van der Waals surface area contributed by atoms with Crippen LogP contribution in [0, 0.1) is 0 Å². The normalized spacial score (nSPS) is 22.4. The van der Waals surface area contributed by atoms with Gasteiger partial charge in [0.15, 0.2) is 5.79 Å². The molecule has 0 bridgehead atoms. The molecule has 1 amide bonds. The van der Waals surface area contributed by atoms with E-state index >= 15 is 0 Å². The topological polar surface area (TPSA) is 48.0 Å². The highest BCUT2D eigenvalue weighted by atomic mass is 16.7.